The van der Waals surface area contributed by atoms with Gasteiger partial charge in [-0.05, 0) is 29.8 Å². The maximum Gasteiger partial charge on any atom is 0.394 e. The summed E-state index contributed by atoms with van der Waals surface area (Å²) in [6.45, 7) is -0.289. The van der Waals surface area contributed by atoms with Gasteiger partial charge in [-0.3, -0.25) is 4.99 Å². The third kappa shape index (κ3) is 4.28. The standard InChI is InChI=1S/C18H17F3N2OS/c1-24-14-9-7-12(8-10-14)16-15(18(19,20)21)11-22-17(25-16)23-13-5-3-2-4-6-13/h2-10,15-16H,11H2,1H3,(H,22,23)/t15-,16+/m1/s1. The molecule has 3 nitrogen and oxygen atoms in total. The van der Waals surface area contributed by atoms with Gasteiger partial charge in [-0.2, -0.15) is 13.2 Å². The molecule has 1 heterocycles. The number of hydrogen-bond donors (Lipinski definition) is 1. The number of alkyl halides is 3. The second-order valence-corrected chi connectivity index (χ2v) is 6.73. The molecule has 0 unspecified atom stereocenters. The molecule has 0 amide bonds. The summed E-state index contributed by atoms with van der Waals surface area (Å²) in [5.74, 6) is -0.906. The lowest BCUT2D eigenvalue weighted by atomic mass is 9.97. The fraction of sp³-hybridized carbons (Fsp3) is 0.278. The minimum Gasteiger partial charge on any atom is -0.497 e. The van der Waals surface area contributed by atoms with E-state index in [4.69, 9.17) is 4.74 Å². The van der Waals surface area contributed by atoms with E-state index in [-0.39, 0.29) is 6.54 Å². The highest BCUT2D eigenvalue weighted by Gasteiger charge is 2.47. The van der Waals surface area contributed by atoms with Crippen molar-refractivity contribution in [3.8, 4) is 5.75 Å². The summed E-state index contributed by atoms with van der Waals surface area (Å²) >= 11 is 1.11. The summed E-state index contributed by atoms with van der Waals surface area (Å²) in [7, 11) is 1.53. The number of ether oxygens (including phenoxy) is 1. The molecule has 0 aliphatic carbocycles. The quantitative estimate of drug-likeness (QED) is 0.818. The third-order valence-corrected chi connectivity index (χ3v) is 5.23. The first-order valence-electron chi connectivity index (χ1n) is 7.71. The van der Waals surface area contributed by atoms with Crippen molar-refractivity contribution in [1.29, 1.82) is 0 Å². The summed E-state index contributed by atoms with van der Waals surface area (Å²) in [4.78, 5) is 4.11. The Kier molecular flexibility index (Phi) is 5.22. The Morgan fingerprint density at radius 1 is 1.08 bits per heavy atom. The first-order valence-corrected chi connectivity index (χ1v) is 8.59. The van der Waals surface area contributed by atoms with Crippen molar-refractivity contribution in [3.63, 3.8) is 0 Å². The highest BCUT2D eigenvalue weighted by atomic mass is 32.2. The van der Waals surface area contributed by atoms with Crippen molar-refractivity contribution >= 4 is 22.6 Å². The molecule has 132 valence electrons. The molecule has 1 aliphatic heterocycles. The van der Waals surface area contributed by atoms with Crippen LogP contribution in [0.25, 0.3) is 0 Å². The Morgan fingerprint density at radius 2 is 1.76 bits per heavy atom. The van der Waals surface area contributed by atoms with E-state index < -0.39 is 17.3 Å². The number of thioether (sulfide) groups is 1. The van der Waals surface area contributed by atoms with E-state index in [9.17, 15) is 13.2 Å². The predicted molar refractivity (Wildman–Crippen MR) is 95.2 cm³/mol. The van der Waals surface area contributed by atoms with Gasteiger partial charge in [0.1, 0.15) is 5.75 Å². The summed E-state index contributed by atoms with van der Waals surface area (Å²) in [6.07, 6.45) is -4.31. The highest BCUT2D eigenvalue weighted by molar-refractivity contribution is 8.14. The molecule has 1 aliphatic rings. The smallest absolute Gasteiger partial charge is 0.394 e. The Hall–Kier alpha value is -2.15. The van der Waals surface area contributed by atoms with E-state index in [1.807, 2.05) is 30.3 Å². The van der Waals surface area contributed by atoms with Crippen LogP contribution in [0.3, 0.4) is 0 Å². The van der Waals surface area contributed by atoms with Crippen molar-refractivity contribution < 1.29 is 17.9 Å². The SMILES string of the molecule is COc1ccc([C@@H]2SC(Nc3ccccc3)=NC[C@H]2C(F)(F)F)cc1. The van der Waals surface area contributed by atoms with Gasteiger partial charge >= 0.3 is 6.18 Å². The van der Waals surface area contributed by atoms with Crippen LogP contribution in [0.4, 0.5) is 18.9 Å². The summed E-state index contributed by atoms with van der Waals surface area (Å²) in [5, 5.41) is 2.83. The fourth-order valence-corrected chi connectivity index (χ4v) is 3.86. The zero-order valence-electron chi connectivity index (χ0n) is 13.5. The number of para-hydroxylation sites is 1. The van der Waals surface area contributed by atoms with Gasteiger partial charge in [0.05, 0.1) is 24.8 Å². The number of hydrogen-bond acceptors (Lipinski definition) is 4. The molecular formula is C18H17F3N2OS. The van der Waals surface area contributed by atoms with Crippen LogP contribution in [0.5, 0.6) is 5.75 Å². The van der Waals surface area contributed by atoms with Crippen LogP contribution in [0.1, 0.15) is 10.8 Å². The molecule has 0 radical (unpaired) electrons. The molecule has 0 spiro atoms. The molecule has 25 heavy (non-hydrogen) atoms. The topological polar surface area (TPSA) is 33.6 Å². The second kappa shape index (κ2) is 7.39. The van der Waals surface area contributed by atoms with Crippen molar-refractivity contribution in [3.05, 3.63) is 60.2 Å². The monoisotopic (exact) mass is 366 g/mol. The number of halogens is 3. The molecule has 0 aromatic heterocycles. The normalized spacial score (nSPS) is 20.7. The highest BCUT2D eigenvalue weighted by Crippen LogP contribution is 2.47. The number of rotatable bonds is 3. The first kappa shape index (κ1) is 17.7. The molecule has 1 N–H and O–H groups in total. The van der Waals surface area contributed by atoms with Gasteiger partial charge < -0.3 is 10.1 Å². The molecular weight excluding hydrogens is 349 g/mol. The zero-order chi connectivity index (χ0) is 17.9. The number of nitrogens with zero attached hydrogens (tertiary/aromatic N) is 1. The lowest BCUT2D eigenvalue weighted by Gasteiger charge is -2.32. The molecule has 2 atom stereocenters. The van der Waals surface area contributed by atoms with E-state index in [1.54, 1.807) is 24.3 Å². The zero-order valence-corrected chi connectivity index (χ0v) is 14.3. The van der Waals surface area contributed by atoms with Crippen molar-refractivity contribution in [2.24, 2.45) is 10.9 Å². The number of methoxy groups -OCH3 is 1. The van der Waals surface area contributed by atoms with Crippen LogP contribution >= 0.6 is 11.8 Å². The third-order valence-electron chi connectivity index (χ3n) is 3.93. The van der Waals surface area contributed by atoms with Crippen LogP contribution in [0.15, 0.2) is 59.6 Å². The Labute approximate surface area is 148 Å². The van der Waals surface area contributed by atoms with Crippen LogP contribution in [-0.4, -0.2) is 25.0 Å². The maximum atomic E-state index is 13.4. The van der Waals surface area contributed by atoms with Gasteiger partial charge in [0.15, 0.2) is 5.17 Å². The lowest BCUT2D eigenvalue weighted by Crippen LogP contribution is -2.34. The minimum absolute atomic E-state index is 0.289. The Bertz CT molecular complexity index is 732. The number of nitrogens with one attached hydrogen (secondary N) is 1. The molecule has 0 fully saturated rings. The van der Waals surface area contributed by atoms with E-state index in [0.29, 0.717) is 16.5 Å². The van der Waals surface area contributed by atoms with Crippen LogP contribution in [-0.2, 0) is 0 Å². The number of anilines is 1. The van der Waals surface area contributed by atoms with Gasteiger partial charge in [0, 0.05) is 5.69 Å². The summed E-state index contributed by atoms with van der Waals surface area (Å²) < 4.78 is 45.4. The minimum atomic E-state index is -4.31. The average molecular weight is 366 g/mol. The largest absolute Gasteiger partial charge is 0.497 e. The molecule has 2 aromatic rings. The van der Waals surface area contributed by atoms with E-state index >= 15 is 0 Å². The average Bonchev–Trinajstić information content (AvgIpc) is 2.62. The van der Waals surface area contributed by atoms with Crippen LogP contribution in [0.2, 0.25) is 0 Å². The number of benzene rings is 2. The summed E-state index contributed by atoms with van der Waals surface area (Å²) in [6, 6.07) is 16.0. The van der Waals surface area contributed by atoms with Gasteiger partial charge in [-0.15, -0.1) is 0 Å². The first-order chi connectivity index (χ1) is 12.0. The van der Waals surface area contributed by atoms with Gasteiger partial charge in [-0.1, -0.05) is 42.1 Å². The molecule has 3 rings (SSSR count). The fourth-order valence-electron chi connectivity index (χ4n) is 2.60. The number of aliphatic imine (C=N–C) groups is 1. The molecule has 2 aromatic carbocycles. The Morgan fingerprint density at radius 3 is 2.36 bits per heavy atom. The molecule has 0 saturated heterocycles. The Balaban J connectivity index is 1.85. The predicted octanol–water partition coefficient (Wildman–Crippen LogP) is 5.13. The van der Waals surface area contributed by atoms with E-state index in [1.165, 1.54) is 7.11 Å². The van der Waals surface area contributed by atoms with E-state index in [0.717, 1.165) is 17.4 Å². The van der Waals surface area contributed by atoms with E-state index in [2.05, 4.69) is 10.3 Å². The van der Waals surface area contributed by atoms with Crippen LogP contribution < -0.4 is 10.1 Å². The van der Waals surface area contributed by atoms with Crippen molar-refractivity contribution in [1.82, 2.24) is 0 Å². The van der Waals surface area contributed by atoms with Gasteiger partial charge in [-0.25, -0.2) is 0 Å². The maximum absolute atomic E-state index is 13.4. The van der Waals surface area contributed by atoms with Crippen LogP contribution in [0, 0.1) is 5.92 Å². The molecule has 7 heteroatoms. The molecule has 0 saturated carbocycles. The van der Waals surface area contributed by atoms with Crippen molar-refractivity contribution in [2.75, 3.05) is 19.0 Å². The number of amidine groups is 1. The van der Waals surface area contributed by atoms with Gasteiger partial charge in [0.2, 0.25) is 0 Å². The second-order valence-electron chi connectivity index (χ2n) is 5.60. The van der Waals surface area contributed by atoms with Gasteiger partial charge in [0.25, 0.3) is 0 Å². The summed E-state index contributed by atoms with van der Waals surface area (Å²) in [5.41, 5.74) is 1.41. The van der Waals surface area contributed by atoms with Crippen molar-refractivity contribution in [2.45, 2.75) is 11.4 Å². The molecule has 0 bridgehead atoms. The lowest BCUT2D eigenvalue weighted by molar-refractivity contribution is -0.172.